The highest BCUT2D eigenvalue weighted by molar-refractivity contribution is 7.89. The van der Waals surface area contributed by atoms with E-state index in [-0.39, 0.29) is 36.0 Å². The Morgan fingerprint density at radius 3 is 2.62 bits per heavy atom. The number of rotatable bonds is 7. The monoisotopic (exact) mass is 400 g/mol. The van der Waals surface area contributed by atoms with Crippen molar-refractivity contribution in [3.8, 4) is 0 Å². The number of nitrogens with one attached hydrogen (secondary N) is 2. The summed E-state index contributed by atoms with van der Waals surface area (Å²) in [5.74, 6) is -0.0950. The van der Waals surface area contributed by atoms with Gasteiger partial charge in [-0.2, -0.15) is 0 Å². The third-order valence-electron chi connectivity index (χ3n) is 3.41. The van der Waals surface area contributed by atoms with Crippen LogP contribution in [0.3, 0.4) is 0 Å². The van der Waals surface area contributed by atoms with E-state index in [0.717, 1.165) is 0 Å². The van der Waals surface area contributed by atoms with Crippen LogP contribution in [-0.4, -0.2) is 39.6 Å². The standard InChI is InChI=1S/C16H20N4O4S.ClH/c1-11-3-5-13(25(22,23)19-7-8-24-2)9-14(11)16(21)20-12-4-6-15(17)18-10-12;/h3-6,9-10,19H,7-8H2,1-2H3,(H2,17,18)(H,20,21);1H. The second kappa shape index (κ2) is 9.48. The maximum Gasteiger partial charge on any atom is 0.256 e. The molecule has 0 spiro atoms. The lowest BCUT2D eigenvalue weighted by Crippen LogP contribution is -2.27. The Labute approximate surface area is 158 Å². The Hall–Kier alpha value is -2.20. The number of amides is 1. The number of nitrogens with zero attached hydrogens (tertiary/aromatic N) is 1. The number of anilines is 2. The first-order valence-electron chi connectivity index (χ1n) is 7.45. The molecule has 8 nitrogen and oxygen atoms in total. The molecule has 1 aromatic carbocycles. The zero-order valence-corrected chi connectivity index (χ0v) is 16.0. The minimum atomic E-state index is -3.72. The first-order valence-corrected chi connectivity index (χ1v) is 8.94. The highest BCUT2D eigenvalue weighted by atomic mass is 35.5. The van der Waals surface area contributed by atoms with Crippen LogP contribution < -0.4 is 15.8 Å². The van der Waals surface area contributed by atoms with Crippen molar-refractivity contribution in [2.75, 3.05) is 31.3 Å². The minimum Gasteiger partial charge on any atom is -0.384 e. The van der Waals surface area contributed by atoms with Crippen LogP contribution in [0, 0.1) is 6.92 Å². The summed E-state index contributed by atoms with van der Waals surface area (Å²) in [5.41, 5.74) is 6.87. The lowest BCUT2D eigenvalue weighted by atomic mass is 10.1. The second-order valence-corrected chi connectivity index (χ2v) is 7.06. The quantitative estimate of drug-likeness (QED) is 0.606. The van der Waals surface area contributed by atoms with Gasteiger partial charge in [0, 0.05) is 19.2 Å². The van der Waals surface area contributed by atoms with Crippen molar-refractivity contribution >= 4 is 39.8 Å². The number of ether oxygens (including phenoxy) is 1. The number of hydrogen-bond acceptors (Lipinski definition) is 6. The molecule has 0 atom stereocenters. The molecule has 0 saturated carbocycles. The molecule has 0 aliphatic carbocycles. The van der Waals surface area contributed by atoms with Gasteiger partial charge in [0.25, 0.3) is 5.91 Å². The van der Waals surface area contributed by atoms with Crippen LogP contribution in [0.1, 0.15) is 15.9 Å². The minimum absolute atomic E-state index is 0. The van der Waals surface area contributed by atoms with Gasteiger partial charge in [-0.05, 0) is 36.8 Å². The summed E-state index contributed by atoms with van der Waals surface area (Å²) in [7, 11) is -2.24. The number of benzene rings is 1. The highest BCUT2D eigenvalue weighted by Gasteiger charge is 2.18. The van der Waals surface area contributed by atoms with E-state index in [1.165, 1.54) is 25.4 Å². The van der Waals surface area contributed by atoms with Crippen molar-refractivity contribution < 1.29 is 17.9 Å². The van der Waals surface area contributed by atoms with E-state index in [0.29, 0.717) is 17.1 Å². The van der Waals surface area contributed by atoms with Crippen LogP contribution in [0.4, 0.5) is 11.5 Å². The van der Waals surface area contributed by atoms with E-state index in [9.17, 15) is 13.2 Å². The van der Waals surface area contributed by atoms with Gasteiger partial charge in [-0.25, -0.2) is 18.1 Å². The molecule has 26 heavy (non-hydrogen) atoms. The Bertz CT molecular complexity index is 857. The second-order valence-electron chi connectivity index (χ2n) is 5.29. The van der Waals surface area contributed by atoms with E-state index in [1.54, 1.807) is 25.1 Å². The van der Waals surface area contributed by atoms with E-state index in [2.05, 4.69) is 15.0 Å². The van der Waals surface area contributed by atoms with E-state index in [4.69, 9.17) is 10.5 Å². The van der Waals surface area contributed by atoms with Crippen LogP contribution >= 0.6 is 12.4 Å². The Balaban J connectivity index is 0.00000338. The molecule has 0 unspecified atom stereocenters. The fourth-order valence-corrected chi connectivity index (χ4v) is 3.09. The molecular formula is C16H21ClN4O4S. The third kappa shape index (κ3) is 5.67. The topological polar surface area (TPSA) is 123 Å². The van der Waals surface area contributed by atoms with Gasteiger partial charge in [-0.15, -0.1) is 12.4 Å². The number of pyridine rings is 1. The molecule has 0 fully saturated rings. The summed E-state index contributed by atoms with van der Waals surface area (Å²) in [6.07, 6.45) is 1.43. The fraction of sp³-hybridized carbons (Fsp3) is 0.250. The number of halogens is 1. The predicted octanol–water partition coefficient (Wildman–Crippen LogP) is 1.57. The molecule has 1 aromatic heterocycles. The summed E-state index contributed by atoms with van der Waals surface area (Å²) in [6, 6.07) is 7.54. The molecular weight excluding hydrogens is 380 g/mol. The highest BCUT2D eigenvalue weighted by Crippen LogP contribution is 2.17. The average Bonchev–Trinajstić information content (AvgIpc) is 2.57. The zero-order valence-electron chi connectivity index (χ0n) is 14.4. The molecule has 0 bridgehead atoms. The van der Waals surface area contributed by atoms with Crippen LogP contribution in [0.2, 0.25) is 0 Å². The predicted molar refractivity (Wildman–Crippen MR) is 102 cm³/mol. The molecule has 0 aliphatic rings. The summed E-state index contributed by atoms with van der Waals surface area (Å²) in [4.78, 5) is 16.4. The summed E-state index contributed by atoms with van der Waals surface area (Å²) in [6.45, 7) is 2.12. The van der Waals surface area contributed by atoms with Crippen molar-refractivity contribution in [2.45, 2.75) is 11.8 Å². The van der Waals surface area contributed by atoms with Crippen molar-refractivity contribution in [2.24, 2.45) is 0 Å². The molecule has 2 rings (SSSR count). The normalized spacial score (nSPS) is 10.8. The lowest BCUT2D eigenvalue weighted by Gasteiger charge is -2.11. The van der Waals surface area contributed by atoms with E-state index < -0.39 is 15.9 Å². The molecule has 0 saturated heterocycles. The van der Waals surface area contributed by atoms with E-state index in [1.807, 2.05) is 0 Å². The van der Waals surface area contributed by atoms with Crippen molar-refractivity contribution in [3.05, 3.63) is 47.7 Å². The number of sulfonamides is 1. The Morgan fingerprint density at radius 1 is 1.27 bits per heavy atom. The maximum atomic E-state index is 12.5. The van der Waals surface area contributed by atoms with Crippen LogP contribution in [0.15, 0.2) is 41.4 Å². The van der Waals surface area contributed by atoms with Crippen LogP contribution in [0.5, 0.6) is 0 Å². The number of hydrogen-bond donors (Lipinski definition) is 3. The SMILES string of the molecule is COCCNS(=O)(=O)c1ccc(C)c(C(=O)Nc2ccc(N)nc2)c1.Cl. The molecule has 1 heterocycles. The molecule has 2 aromatic rings. The third-order valence-corrected chi connectivity index (χ3v) is 4.87. The van der Waals surface area contributed by atoms with Gasteiger partial charge in [0.05, 0.1) is 23.4 Å². The average molecular weight is 401 g/mol. The zero-order chi connectivity index (χ0) is 18.4. The number of aryl methyl sites for hydroxylation is 1. The van der Waals surface area contributed by atoms with Crippen molar-refractivity contribution in [1.82, 2.24) is 9.71 Å². The van der Waals surface area contributed by atoms with E-state index >= 15 is 0 Å². The van der Waals surface area contributed by atoms with Crippen molar-refractivity contribution in [3.63, 3.8) is 0 Å². The Morgan fingerprint density at radius 2 is 2.00 bits per heavy atom. The number of carbonyl (C=O) groups excluding carboxylic acids is 1. The van der Waals surface area contributed by atoms with Crippen LogP contribution in [0.25, 0.3) is 0 Å². The van der Waals surface area contributed by atoms with Gasteiger partial charge < -0.3 is 15.8 Å². The smallest absolute Gasteiger partial charge is 0.256 e. The van der Waals surface area contributed by atoms with Crippen LogP contribution in [-0.2, 0) is 14.8 Å². The van der Waals surface area contributed by atoms with Crippen molar-refractivity contribution in [1.29, 1.82) is 0 Å². The van der Waals surface area contributed by atoms with Gasteiger partial charge in [0.15, 0.2) is 0 Å². The summed E-state index contributed by atoms with van der Waals surface area (Å²) < 4.78 is 31.8. The number of carbonyl (C=O) groups is 1. The summed E-state index contributed by atoms with van der Waals surface area (Å²) in [5, 5.41) is 2.67. The number of methoxy groups -OCH3 is 1. The van der Waals surface area contributed by atoms with Gasteiger partial charge >= 0.3 is 0 Å². The number of nitrogen functional groups attached to an aromatic ring is 1. The van der Waals surface area contributed by atoms with Gasteiger partial charge in [0.1, 0.15) is 5.82 Å². The molecule has 10 heteroatoms. The van der Waals surface area contributed by atoms with Gasteiger partial charge in [-0.3, -0.25) is 4.79 Å². The first kappa shape index (κ1) is 21.8. The fourth-order valence-electron chi connectivity index (χ4n) is 2.05. The number of aromatic nitrogens is 1. The first-order chi connectivity index (χ1) is 11.8. The molecule has 0 radical (unpaired) electrons. The lowest BCUT2D eigenvalue weighted by molar-refractivity contribution is 0.102. The molecule has 0 aliphatic heterocycles. The molecule has 142 valence electrons. The Kier molecular flexibility index (Phi) is 7.97. The number of nitrogens with two attached hydrogens (primary N) is 1. The maximum absolute atomic E-state index is 12.5. The summed E-state index contributed by atoms with van der Waals surface area (Å²) >= 11 is 0. The van der Waals surface area contributed by atoms with Gasteiger partial charge in [-0.1, -0.05) is 6.07 Å². The molecule has 4 N–H and O–H groups in total. The molecule has 1 amide bonds. The van der Waals surface area contributed by atoms with Gasteiger partial charge in [0.2, 0.25) is 10.0 Å². The largest absolute Gasteiger partial charge is 0.384 e.